The number of imidazole rings is 1. The van der Waals surface area contributed by atoms with E-state index in [1.54, 1.807) is 18.5 Å². The van der Waals surface area contributed by atoms with E-state index in [2.05, 4.69) is 9.71 Å². The first-order valence-electron chi connectivity index (χ1n) is 6.47. The molecule has 1 unspecified atom stereocenters. The Morgan fingerprint density at radius 3 is 2.50 bits per heavy atom. The third-order valence-corrected chi connectivity index (χ3v) is 4.20. The first-order valence-corrected chi connectivity index (χ1v) is 7.95. The summed E-state index contributed by atoms with van der Waals surface area (Å²) in [4.78, 5) is 15.1. The average Bonchev–Trinajstić information content (AvgIpc) is 2.71. The number of sulfonamides is 1. The molecule has 0 aromatic carbocycles. The monoisotopic (exact) mass is 303 g/mol. The fourth-order valence-electron chi connectivity index (χ4n) is 1.89. The standard InChI is InChI=1S/C12H21N3O4S/c1-5-6-9(12(16)17)14-20(18,19)10-7-15(4)11(13-10)8(2)3/h7-9,14H,5-6H2,1-4H3,(H,16,17). The lowest BCUT2D eigenvalue weighted by atomic mass is 10.2. The van der Waals surface area contributed by atoms with Gasteiger partial charge in [0.05, 0.1) is 0 Å². The van der Waals surface area contributed by atoms with E-state index in [4.69, 9.17) is 5.11 Å². The zero-order chi connectivity index (χ0) is 15.5. The van der Waals surface area contributed by atoms with Gasteiger partial charge in [-0.05, 0) is 6.42 Å². The number of hydrogen-bond acceptors (Lipinski definition) is 4. The highest BCUT2D eigenvalue weighted by molar-refractivity contribution is 7.89. The van der Waals surface area contributed by atoms with Crippen molar-refractivity contribution < 1.29 is 18.3 Å². The minimum atomic E-state index is -3.92. The van der Waals surface area contributed by atoms with Crippen molar-refractivity contribution in [1.82, 2.24) is 14.3 Å². The molecule has 0 bridgehead atoms. The summed E-state index contributed by atoms with van der Waals surface area (Å²) in [7, 11) is -2.21. The van der Waals surface area contributed by atoms with E-state index in [0.29, 0.717) is 12.2 Å². The molecule has 1 rings (SSSR count). The van der Waals surface area contributed by atoms with Crippen LogP contribution in [-0.4, -0.2) is 35.1 Å². The molecular weight excluding hydrogens is 282 g/mol. The molecule has 0 saturated heterocycles. The Morgan fingerprint density at radius 1 is 1.50 bits per heavy atom. The number of nitrogens with one attached hydrogen (secondary N) is 1. The summed E-state index contributed by atoms with van der Waals surface area (Å²) in [6.45, 7) is 5.61. The van der Waals surface area contributed by atoms with Gasteiger partial charge in [-0.25, -0.2) is 13.4 Å². The van der Waals surface area contributed by atoms with Crippen molar-refractivity contribution in [2.45, 2.75) is 50.6 Å². The summed E-state index contributed by atoms with van der Waals surface area (Å²) in [5.74, 6) is -0.474. The number of aryl methyl sites for hydroxylation is 1. The van der Waals surface area contributed by atoms with Crippen LogP contribution in [0.2, 0.25) is 0 Å². The van der Waals surface area contributed by atoms with Crippen LogP contribution >= 0.6 is 0 Å². The van der Waals surface area contributed by atoms with Crippen molar-refractivity contribution in [3.05, 3.63) is 12.0 Å². The van der Waals surface area contributed by atoms with Gasteiger partial charge in [0.2, 0.25) is 0 Å². The molecule has 0 aliphatic rings. The van der Waals surface area contributed by atoms with E-state index >= 15 is 0 Å². The maximum atomic E-state index is 12.2. The molecule has 1 heterocycles. The van der Waals surface area contributed by atoms with Gasteiger partial charge >= 0.3 is 5.97 Å². The van der Waals surface area contributed by atoms with E-state index in [1.807, 2.05) is 13.8 Å². The molecule has 0 aliphatic heterocycles. The van der Waals surface area contributed by atoms with Gasteiger partial charge in [0.1, 0.15) is 11.9 Å². The van der Waals surface area contributed by atoms with Crippen LogP contribution in [0.5, 0.6) is 0 Å². The molecular formula is C12H21N3O4S. The normalized spacial score (nSPS) is 13.7. The SMILES string of the molecule is CCCC(NS(=O)(=O)c1cn(C)c(C(C)C)n1)C(=O)O. The lowest BCUT2D eigenvalue weighted by Gasteiger charge is -2.12. The van der Waals surface area contributed by atoms with Crippen LogP contribution in [0.4, 0.5) is 0 Å². The number of carboxylic acids is 1. The van der Waals surface area contributed by atoms with Crippen LogP contribution in [0.1, 0.15) is 45.4 Å². The second-order valence-electron chi connectivity index (χ2n) is 5.00. The van der Waals surface area contributed by atoms with Crippen molar-refractivity contribution in [1.29, 1.82) is 0 Å². The van der Waals surface area contributed by atoms with Crippen molar-refractivity contribution in [3.8, 4) is 0 Å². The lowest BCUT2D eigenvalue weighted by molar-refractivity contribution is -0.139. The number of aliphatic carboxylic acids is 1. The third-order valence-electron chi connectivity index (χ3n) is 2.85. The molecule has 0 aliphatic carbocycles. The highest BCUT2D eigenvalue weighted by Crippen LogP contribution is 2.16. The molecule has 0 amide bonds. The van der Waals surface area contributed by atoms with Gasteiger partial charge in [0.15, 0.2) is 5.03 Å². The topological polar surface area (TPSA) is 101 Å². The van der Waals surface area contributed by atoms with E-state index in [1.165, 1.54) is 6.20 Å². The van der Waals surface area contributed by atoms with Gasteiger partial charge in [-0.15, -0.1) is 0 Å². The molecule has 2 N–H and O–H groups in total. The number of carboxylic acid groups (broad SMARTS) is 1. The van der Waals surface area contributed by atoms with Crippen LogP contribution < -0.4 is 4.72 Å². The molecule has 20 heavy (non-hydrogen) atoms. The van der Waals surface area contributed by atoms with Crippen molar-refractivity contribution in [2.24, 2.45) is 7.05 Å². The Bertz CT molecular complexity index is 578. The van der Waals surface area contributed by atoms with Gasteiger partial charge in [0.25, 0.3) is 10.0 Å². The largest absolute Gasteiger partial charge is 0.480 e. The first-order chi connectivity index (χ1) is 9.19. The zero-order valence-corrected chi connectivity index (χ0v) is 12.9. The Balaban J connectivity index is 3.04. The fraction of sp³-hybridized carbons (Fsp3) is 0.667. The number of rotatable bonds is 7. The molecule has 8 heteroatoms. The quantitative estimate of drug-likeness (QED) is 0.784. The lowest BCUT2D eigenvalue weighted by Crippen LogP contribution is -2.40. The van der Waals surface area contributed by atoms with E-state index in [0.717, 1.165) is 0 Å². The molecule has 0 fully saturated rings. The number of nitrogens with zero attached hydrogens (tertiary/aromatic N) is 2. The molecule has 1 aromatic rings. The van der Waals surface area contributed by atoms with Gasteiger partial charge in [-0.1, -0.05) is 27.2 Å². The van der Waals surface area contributed by atoms with Crippen LogP contribution in [0, 0.1) is 0 Å². The van der Waals surface area contributed by atoms with Crippen LogP contribution in [0.25, 0.3) is 0 Å². The summed E-state index contributed by atoms with van der Waals surface area (Å²) in [5, 5.41) is 8.86. The van der Waals surface area contributed by atoms with Crippen molar-refractivity contribution in [2.75, 3.05) is 0 Å². The highest BCUT2D eigenvalue weighted by Gasteiger charge is 2.27. The molecule has 7 nitrogen and oxygen atoms in total. The second-order valence-corrected chi connectivity index (χ2v) is 6.66. The fourth-order valence-corrected chi connectivity index (χ4v) is 3.11. The zero-order valence-electron chi connectivity index (χ0n) is 12.1. The van der Waals surface area contributed by atoms with E-state index in [9.17, 15) is 13.2 Å². The van der Waals surface area contributed by atoms with E-state index < -0.39 is 22.0 Å². The van der Waals surface area contributed by atoms with Gasteiger partial charge < -0.3 is 9.67 Å². The Labute approximate surface area is 119 Å². The van der Waals surface area contributed by atoms with Crippen molar-refractivity contribution >= 4 is 16.0 Å². The molecule has 1 atom stereocenters. The van der Waals surface area contributed by atoms with E-state index in [-0.39, 0.29) is 17.4 Å². The van der Waals surface area contributed by atoms with Crippen LogP contribution in [0.3, 0.4) is 0 Å². The maximum absolute atomic E-state index is 12.2. The molecule has 114 valence electrons. The summed E-state index contributed by atoms with van der Waals surface area (Å²) in [5.41, 5.74) is 0. The minimum absolute atomic E-state index is 0.0786. The van der Waals surface area contributed by atoms with Gasteiger partial charge in [-0.3, -0.25) is 4.79 Å². The molecule has 0 saturated carbocycles. The van der Waals surface area contributed by atoms with Crippen LogP contribution in [-0.2, 0) is 21.9 Å². The van der Waals surface area contributed by atoms with Gasteiger partial charge in [0, 0.05) is 19.2 Å². The summed E-state index contributed by atoms with van der Waals surface area (Å²) in [6, 6.07) is -1.13. The smallest absolute Gasteiger partial charge is 0.321 e. The third kappa shape index (κ3) is 3.80. The van der Waals surface area contributed by atoms with Crippen molar-refractivity contribution in [3.63, 3.8) is 0 Å². The summed E-state index contributed by atoms with van der Waals surface area (Å²) >= 11 is 0. The Kier molecular flexibility index (Phi) is 5.29. The Hall–Kier alpha value is -1.41. The summed E-state index contributed by atoms with van der Waals surface area (Å²) < 4.78 is 28.1. The molecule has 0 radical (unpaired) electrons. The predicted molar refractivity (Wildman–Crippen MR) is 74.0 cm³/mol. The van der Waals surface area contributed by atoms with Gasteiger partial charge in [-0.2, -0.15) is 4.72 Å². The average molecular weight is 303 g/mol. The number of aromatic nitrogens is 2. The summed E-state index contributed by atoms with van der Waals surface area (Å²) in [6.07, 6.45) is 2.19. The first kappa shape index (κ1) is 16.6. The highest BCUT2D eigenvalue weighted by atomic mass is 32.2. The number of hydrogen-bond donors (Lipinski definition) is 2. The minimum Gasteiger partial charge on any atom is -0.480 e. The number of carbonyl (C=O) groups is 1. The Morgan fingerprint density at radius 2 is 2.10 bits per heavy atom. The second kappa shape index (κ2) is 6.36. The van der Waals surface area contributed by atoms with Crippen LogP contribution in [0.15, 0.2) is 11.2 Å². The maximum Gasteiger partial charge on any atom is 0.321 e. The molecule has 1 aromatic heterocycles. The molecule has 0 spiro atoms. The predicted octanol–water partition coefficient (Wildman–Crippen LogP) is 1.08.